The number of aliphatic hydroxyl groups is 1. The van der Waals surface area contributed by atoms with Gasteiger partial charge >= 0.3 is 0 Å². The lowest BCUT2D eigenvalue weighted by Crippen LogP contribution is -2.16. The fourth-order valence-electron chi connectivity index (χ4n) is 1.79. The molecule has 2 heterocycles. The van der Waals surface area contributed by atoms with Gasteiger partial charge in [0.05, 0.1) is 10.7 Å². The molecule has 2 aromatic rings. The maximum Gasteiger partial charge on any atom is 0.0936 e. The smallest absolute Gasteiger partial charge is 0.0936 e. The van der Waals surface area contributed by atoms with Crippen LogP contribution in [0.1, 0.15) is 18.9 Å². The first-order valence-electron chi connectivity index (χ1n) is 6.16. The van der Waals surface area contributed by atoms with Crippen molar-refractivity contribution in [2.75, 3.05) is 6.61 Å². The standard InChI is InChI=1S/C14H18N2OS/c1-10(2)12(8-17)6-14-16-13(9-18-14)11-4-3-5-15-7-11/h3-5,7,9-10,12,17H,6,8H2,1-2H3. The van der Waals surface area contributed by atoms with E-state index >= 15 is 0 Å². The monoisotopic (exact) mass is 262 g/mol. The van der Waals surface area contributed by atoms with Crippen molar-refractivity contribution in [2.45, 2.75) is 20.3 Å². The zero-order valence-corrected chi connectivity index (χ0v) is 11.5. The Labute approximate surface area is 112 Å². The molecule has 2 rings (SSSR count). The van der Waals surface area contributed by atoms with Crippen LogP contribution < -0.4 is 0 Å². The lowest BCUT2D eigenvalue weighted by molar-refractivity contribution is 0.189. The van der Waals surface area contributed by atoms with E-state index in [1.54, 1.807) is 17.5 Å². The molecular weight excluding hydrogens is 244 g/mol. The van der Waals surface area contributed by atoms with Gasteiger partial charge in [0.15, 0.2) is 0 Å². The van der Waals surface area contributed by atoms with Gasteiger partial charge in [-0.05, 0) is 24.0 Å². The molecule has 0 fully saturated rings. The molecule has 0 aliphatic heterocycles. The van der Waals surface area contributed by atoms with Gasteiger partial charge in [0.2, 0.25) is 0 Å². The van der Waals surface area contributed by atoms with Crippen LogP contribution in [0.5, 0.6) is 0 Å². The largest absolute Gasteiger partial charge is 0.396 e. The van der Waals surface area contributed by atoms with Gasteiger partial charge in [0.25, 0.3) is 0 Å². The minimum Gasteiger partial charge on any atom is -0.396 e. The van der Waals surface area contributed by atoms with Crippen molar-refractivity contribution in [1.82, 2.24) is 9.97 Å². The van der Waals surface area contributed by atoms with E-state index in [0.29, 0.717) is 5.92 Å². The summed E-state index contributed by atoms with van der Waals surface area (Å²) >= 11 is 1.66. The first kappa shape index (κ1) is 13.2. The molecule has 0 aliphatic rings. The summed E-state index contributed by atoms with van der Waals surface area (Å²) in [6.07, 6.45) is 4.43. The number of rotatable bonds is 5. The Bertz CT molecular complexity index is 482. The predicted molar refractivity (Wildman–Crippen MR) is 74.5 cm³/mol. The topological polar surface area (TPSA) is 46.0 Å². The van der Waals surface area contributed by atoms with E-state index in [2.05, 4.69) is 29.2 Å². The molecule has 1 unspecified atom stereocenters. The summed E-state index contributed by atoms with van der Waals surface area (Å²) in [6.45, 7) is 4.49. The van der Waals surface area contributed by atoms with Gasteiger partial charge in [0, 0.05) is 36.4 Å². The highest BCUT2D eigenvalue weighted by atomic mass is 32.1. The first-order valence-corrected chi connectivity index (χ1v) is 7.04. The summed E-state index contributed by atoms with van der Waals surface area (Å²) in [5.41, 5.74) is 2.02. The van der Waals surface area contributed by atoms with E-state index in [-0.39, 0.29) is 12.5 Å². The van der Waals surface area contributed by atoms with E-state index in [1.165, 1.54) is 0 Å². The Kier molecular flexibility index (Phi) is 4.44. The highest BCUT2D eigenvalue weighted by Crippen LogP contribution is 2.24. The van der Waals surface area contributed by atoms with Gasteiger partial charge in [-0.25, -0.2) is 4.98 Å². The molecular formula is C14H18N2OS. The lowest BCUT2D eigenvalue weighted by atomic mass is 9.94. The fourth-order valence-corrected chi connectivity index (χ4v) is 2.68. The second-order valence-electron chi connectivity index (χ2n) is 4.76. The summed E-state index contributed by atoms with van der Waals surface area (Å²) in [5, 5.41) is 12.5. The number of nitrogens with zero attached hydrogens (tertiary/aromatic N) is 2. The number of hydrogen-bond acceptors (Lipinski definition) is 4. The average Bonchev–Trinajstić information content (AvgIpc) is 2.85. The van der Waals surface area contributed by atoms with E-state index in [4.69, 9.17) is 0 Å². The molecule has 0 aliphatic carbocycles. The van der Waals surface area contributed by atoms with Crippen molar-refractivity contribution in [3.8, 4) is 11.3 Å². The molecule has 0 saturated heterocycles. The molecule has 1 N–H and O–H groups in total. The quantitative estimate of drug-likeness (QED) is 0.901. The molecule has 0 amide bonds. The van der Waals surface area contributed by atoms with Gasteiger partial charge in [0.1, 0.15) is 0 Å². The van der Waals surface area contributed by atoms with Crippen molar-refractivity contribution in [3.05, 3.63) is 34.9 Å². The zero-order chi connectivity index (χ0) is 13.0. The maximum atomic E-state index is 9.35. The second kappa shape index (κ2) is 6.07. The third-order valence-electron chi connectivity index (χ3n) is 3.12. The Balaban J connectivity index is 2.11. The van der Waals surface area contributed by atoms with Crippen molar-refractivity contribution in [2.24, 2.45) is 11.8 Å². The second-order valence-corrected chi connectivity index (χ2v) is 5.70. The van der Waals surface area contributed by atoms with E-state index in [1.807, 2.05) is 18.3 Å². The van der Waals surface area contributed by atoms with E-state index < -0.39 is 0 Å². The summed E-state index contributed by atoms with van der Waals surface area (Å²) in [6, 6.07) is 3.93. The molecule has 0 spiro atoms. The average molecular weight is 262 g/mol. The summed E-state index contributed by atoms with van der Waals surface area (Å²) < 4.78 is 0. The van der Waals surface area contributed by atoms with Crippen LogP contribution in [0.15, 0.2) is 29.9 Å². The van der Waals surface area contributed by atoms with E-state index in [9.17, 15) is 5.11 Å². The SMILES string of the molecule is CC(C)C(CO)Cc1nc(-c2cccnc2)cs1. The number of pyridine rings is 1. The van der Waals surface area contributed by atoms with Gasteiger partial charge in [-0.1, -0.05) is 13.8 Å². The lowest BCUT2D eigenvalue weighted by Gasteiger charge is -2.16. The van der Waals surface area contributed by atoms with Crippen LogP contribution in [-0.4, -0.2) is 21.7 Å². The molecule has 18 heavy (non-hydrogen) atoms. The Morgan fingerprint density at radius 3 is 2.83 bits per heavy atom. The zero-order valence-electron chi connectivity index (χ0n) is 10.7. The van der Waals surface area contributed by atoms with E-state index in [0.717, 1.165) is 22.7 Å². The minimum absolute atomic E-state index is 0.222. The molecule has 1 atom stereocenters. The van der Waals surface area contributed by atoms with Crippen LogP contribution in [0, 0.1) is 11.8 Å². The molecule has 0 aromatic carbocycles. The molecule has 2 aromatic heterocycles. The summed E-state index contributed by atoms with van der Waals surface area (Å²) in [5.74, 6) is 0.763. The van der Waals surface area contributed by atoms with Crippen LogP contribution in [0.25, 0.3) is 11.3 Å². The van der Waals surface area contributed by atoms with Crippen molar-refractivity contribution < 1.29 is 5.11 Å². The summed E-state index contributed by atoms with van der Waals surface area (Å²) in [4.78, 5) is 8.72. The van der Waals surface area contributed by atoms with Gasteiger partial charge in [-0.15, -0.1) is 11.3 Å². The maximum absolute atomic E-state index is 9.35. The van der Waals surface area contributed by atoms with Crippen LogP contribution in [-0.2, 0) is 6.42 Å². The van der Waals surface area contributed by atoms with Gasteiger partial charge in [-0.2, -0.15) is 0 Å². The molecule has 0 bridgehead atoms. The number of aromatic nitrogens is 2. The van der Waals surface area contributed by atoms with Crippen LogP contribution in [0.3, 0.4) is 0 Å². The molecule has 0 saturated carbocycles. The number of aliphatic hydroxyl groups excluding tert-OH is 1. The van der Waals surface area contributed by atoms with Crippen molar-refractivity contribution in [1.29, 1.82) is 0 Å². The van der Waals surface area contributed by atoms with Crippen LogP contribution in [0.2, 0.25) is 0 Å². The Morgan fingerprint density at radius 1 is 1.39 bits per heavy atom. The van der Waals surface area contributed by atoms with Crippen molar-refractivity contribution >= 4 is 11.3 Å². The molecule has 96 valence electrons. The third kappa shape index (κ3) is 3.15. The first-order chi connectivity index (χ1) is 8.70. The highest BCUT2D eigenvalue weighted by molar-refractivity contribution is 7.09. The van der Waals surface area contributed by atoms with Crippen molar-refractivity contribution in [3.63, 3.8) is 0 Å². The molecule has 4 heteroatoms. The molecule has 3 nitrogen and oxygen atoms in total. The molecule has 0 radical (unpaired) electrons. The number of hydrogen-bond donors (Lipinski definition) is 1. The van der Waals surface area contributed by atoms with Gasteiger partial charge in [-0.3, -0.25) is 4.98 Å². The fraction of sp³-hybridized carbons (Fsp3) is 0.429. The van der Waals surface area contributed by atoms with Gasteiger partial charge < -0.3 is 5.11 Å². The van der Waals surface area contributed by atoms with Crippen LogP contribution >= 0.6 is 11.3 Å². The third-order valence-corrected chi connectivity index (χ3v) is 3.99. The highest BCUT2D eigenvalue weighted by Gasteiger charge is 2.15. The normalized spacial score (nSPS) is 12.9. The van der Waals surface area contributed by atoms with Crippen LogP contribution in [0.4, 0.5) is 0 Å². The predicted octanol–water partition coefficient (Wildman–Crippen LogP) is 3.01. The Hall–Kier alpha value is -1.26. The number of thiazole rings is 1. The minimum atomic E-state index is 0.222. The Morgan fingerprint density at radius 2 is 2.22 bits per heavy atom. The summed E-state index contributed by atoms with van der Waals surface area (Å²) in [7, 11) is 0.